The fourth-order valence-electron chi connectivity index (χ4n) is 3.69. The first-order valence-corrected chi connectivity index (χ1v) is 6.69. The fraction of sp³-hybridized carbons (Fsp3) is 1.00. The summed E-state index contributed by atoms with van der Waals surface area (Å²) in [7, 11) is 0. The molecule has 0 amide bonds. The molecule has 0 aromatic heterocycles. The van der Waals surface area contributed by atoms with E-state index in [2.05, 4.69) is 46.4 Å². The highest BCUT2D eigenvalue weighted by Crippen LogP contribution is 2.41. The summed E-state index contributed by atoms with van der Waals surface area (Å²) < 4.78 is 0. The van der Waals surface area contributed by atoms with Crippen LogP contribution in [0.1, 0.15) is 60.8 Å². The zero-order valence-electron chi connectivity index (χ0n) is 11.5. The monoisotopic (exact) mass is 211 g/mol. The molecule has 0 atom stereocenters. The van der Waals surface area contributed by atoms with Gasteiger partial charge in [-0.1, -0.05) is 34.1 Å². The Hall–Kier alpha value is -0.0400. The molecule has 1 saturated heterocycles. The van der Waals surface area contributed by atoms with E-state index < -0.39 is 0 Å². The second-order valence-corrected chi connectivity index (χ2v) is 6.04. The summed E-state index contributed by atoms with van der Waals surface area (Å²) in [4.78, 5) is 2.77. The number of hydrogen-bond donors (Lipinski definition) is 0. The van der Waals surface area contributed by atoms with Crippen LogP contribution in [0.4, 0.5) is 0 Å². The Morgan fingerprint density at radius 2 is 1.40 bits per heavy atom. The molecule has 0 radical (unpaired) electrons. The predicted molar refractivity (Wildman–Crippen MR) is 68.1 cm³/mol. The van der Waals surface area contributed by atoms with Crippen LogP contribution >= 0.6 is 0 Å². The third-order valence-corrected chi connectivity index (χ3v) is 4.38. The van der Waals surface area contributed by atoms with Crippen molar-refractivity contribution in [2.75, 3.05) is 6.54 Å². The van der Waals surface area contributed by atoms with E-state index in [4.69, 9.17) is 0 Å². The Morgan fingerprint density at radius 3 is 1.73 bits per heavy atom. The maximum absolute atomic E-state index is 2.77. The summed E-state index contributed by atoms with van der Waals surface area (Å²) >= 11 is 0. The van der Waals surface area contributed by atoms with Gasteiger partial charge in [-0.25, -0.2) is 0 Å². The van der Waals surface area contributed by atoms with Gasteiger partial charge >= 0.3 is 0 Å². The number of hydrogen-bond acceptors (Lipinski definition) is 1. The van der Waals surface area contributed by atoms with Crippen molar-refractivity contribution < 1.29 is 0 Å². The summed E-state index contributed by atoms with van der Waals surface area (Å²) in [6, 6.07) is 0.690. The van der Waals surface area contributed by atoms with Crippen molar-refractivity contribution in [1.82, 2.24) is 4.90 Å². The second-order valence-electron chi connectivity index (χ2n) is 6.04. The van der Waals surface area contributed by atoms with Crippen molar-refractivity contribution in [3.8, 4) is 0 Å². The van der Waals surface area contributed by atoms with Gasteiger partial charge in [0.2, 0.25) is 0 Å². The molecule has 1 heteroatoms. The quantitative estimate of drug-likeness (QED) is 0.683. The largest absolute Gasteiger partial charge is 0.295 e. The number of likely N-dealkylation sites (tertiary alicyclic amines) is 1. The van der Waals surface area contributed by atoms with Gasteiger partial charge in [0.15, 0.2) is 0 Å². The smallest absolute Gasteiger partial charge is 0.0258 e. The van der Waals surface area contributed by atoms with Crippen LogP contribution in [-0.4, -0.2) is 23.0 Å². The first-order chi connectivity index (χ1) is 6.93. The van der Waals surface area contributed by atoms with E-state index in [1.165, 1.54) is 25.8 Å². The van der Waals surface area contributed by atoms with E-state index in [1.54, 1.807) is 0 Å². The Balaban J connectivity index is 2.99. The molecule has 15 heavy (non-hydrogen) atoms. The molecule has 0 aromatic carbocycles. The highest BCUT2D eigenvalue weighted by Gasteiger charge is 2.44. The van der Waals surface area contributed by atoms with E-state index in [-0.39, 0.29) is 0 Å². The van der Waals surface area contributed by atoms with Gasteiger partial charge in [-0.3, -0.25) is 4.90 Å². The van der Waals surface area contributed by atoms with E-state index in [0.29, 0.717) is 11.6 Å². The van der Waals surface area contributed by atoms with Gasteiger partial charge in [0.25, 0.3) is 0 Å². The van der Waals surface area contributed by atoms with Gasteiger partial charge in [-0.15, -0.1) is 0 Å². The minimum atomic E-state index is 0.451. The van der Waals surface area contributed by atoms with Crippen LogP contribution < -0.4 is 0 Å². The van der Waals surface area contributed by atoms with Crippen LogP contribution in [0.2, 0.25) is 0 Å². The molecule has 90 valence electrons. The first kappa shape index (κ1) is 13.0. The van der Waals surface area contributed by atoms with Crippen LogP contribution in [0.25, 0.3) is 0 Å². The van der Waals surface area contributed by atoms with Gasteiger partial charge in [-0.05, 0) is 45.1 Å². The van der Waals surface area contributed by atoms with Gasteiger partial charge in [-0.2, -0.15) is 0 Å². The lowest BCUT2D eigenvalue weighted by Gasteiger charge is -2.55. The van der Waals surface area contributed by atoms with Crippen LogP contribution in [-0.2, 0) is 0 Å². The van der Waals surface area contributed by atoms with E-state index in [1.807, 2.05) is 0 Å². The minimum absolute atomic E-state index is 0.451. The normalized spacial score (nSPS) is 23.0. The Bertz CT molecular complexity index is 186. The van der Waals surface area contributed by atoms with E-state index in [0.717, 1.165) is 11.8 Å². The molecule has 1 rings (SSSR count). The standard InChI is InChI=1S/C14H29N/c1-11(2)14(12(3)4)9-7-8-10-15(14)13(5)6/h11-13H,7-10H2,1-6H3. The molecule has 1 aliphatic rings. The summed E-state index contributed by atoms with van der Waals surface area (Å²) in [6.45, 7) is 15.6. The van der Waals surface area contributed by atoms with Gasteiger partial charge in [0.1, 0.15) is 0 Å². The van der Waals surface area contributed by atoms with Crippen molar-refractivity contribution in [1.29, 1.82) is 0 Å². The maximum atomic E-state index is 2.77. The molecule has 1 heterocycles. The minimum Gasteiger partial charge on any atom is -0.295 e. The van der Waals surface area contributed by atoms with Crippen LogP contribution in [0, 0.1) is 11.8 Å². The average Bonchev–Trinajstić information content (AvgIpc) is 2.16. The van der Waals surface area contributed by atoms with E-state index >= 15 is 0 Å². The highest BCUT2D eigenvalue weighted by atomic mass is 15.2. The molecule has 0 aliphatic carbocycles. The molecule has 0 spiro atoms. The second kappa shape index (κ2) is 4.86. The Morgan fingerprint density at radius 1 is 0.867 bits per heavy atom. The van der Waals surface area contributed by atoms with Crippen molar-refractivity contribution in [3.05, 3.63) is 0 Å². The fourth-order valence-corrected chi connectivity index (χ4v) is 3.69. The van der Waals surface area contributed by atoms with Gasteiger partial charge in [0, 0.05) is 11.6 Å². The van der Waals surface area contributed by atoms with Crippen molar-refractivity contribution in [2.24, 2.45) is 11.8 Å². The summed E-state index contributed by atoms with van der Waals surface area (Å²) in [6.07, 6.45) is 4.19. The first-order valence-electron chi connectivity index (χ1n) is 6.69. The lowest BCUT2D eigenvalue weighted by atomic mass is 9.69. The summed E-state index contributed by atoms with van der Waals surface area (Å²) in [5.41, 5.74) is 0.451. The third-order valence-electron chi connectivity index (χ3n) is 4.38. The third kappa shape index (κ3) is 2.22. The molecule has 0 aromatic rings. The average molecular weight is 211 g/mol. The van der Waals surface area contributed by atoms with Gasteiger partial charge in [0.05, 0.1) is 0 Å². The molecule has 0 saturated carbocycles. The zero-order chi connectivity index (χ0) is 11.6. The molecular formula is C14H29N. The molecule has 0 unspecified atom stereocenters. The topological polar surface area (TPSA) is 3.24 Å². The van der Waals surface area contributed by atoms with Crippen molar-refractivity contribution in [2.45, 2.75) is 72.4 Å². The zero-order valence-corrected chi connectivity index (χ0v) is 11.5. The molecule has 1 nitrogen and oxygen atoms in total. The highest BCUT2D eigenvalue weighted by molar-refractivity contribution is 4.99. The molecule has 0 N–H and O–H groups in total. The number of rotatable bonds is 3. The molecule has 1 fully saturated rings. The number of piperidine rings is 1. The number of nitrogens with zero attached hydrogens (tertiary/aromatic N) is 1. The van der Waals surface area contributed by atoms with Crippen LogP contribution in [0.15, 0.2) is 0 Å². The van der Waals surface area contributed by atoms with Crippen molar-refractivity contribution in [3.63, 3.8) is 0 Å². The lowest BCUT2D eigenvalue weighted by Crippen LogP contribution is -2.60. The lowest BCUT2D eigenvalue weighted by molar-refractivity contribution is -0.0486. The van der Waals surface area contributed by atoms with Crippen molar-refractivity contribution >= 4 is 0 Å². The maximum Gasteiger partial charge on any atom is 0.0258 e. The van der Waals surface area contributed by atoms with E-state index in [9.17, 15) is 0 Å². The summed E-state index contributed by atoms with van der Waals surface area (Å²) in [5.74, 6) is 1.53. The molecule has 1 aliphatic heterocycles. The van der Waals surface area contributed by atoms with Gasteiger partial charge < -0.3 is 0 Å². The van der Waals surface area contributed by atoms with Crippen LogP contribution in [0.3, 0.4) is 0 Å². The SMILES string of the molecule is CC(C)N1CCCCC1(C(C)C)C(C)C. The predicted octanol–water partition coefficient (Wildman–Crippen LogP) is 3.93. The summed E-state index contributed by atoms with van der Waals surface area (Å²) in [5, 5.41) is 0. The Labute approximate surface area is 96.2 Å². The Kier molecular flexibility index (Phi) is 4.22. The molecule has 0 bridgehead atoms. The van der Waals surface area contributed by atoms with Crippen LogP contribution in [0.5, 0.6) is 0 Å². The molecular weight excluding hydrogens is 182 g/mol.